The van der Waals surface area contributed by atoms with Gasteiger partial charge in [-0.2, -0.15) is 0 Å². The summed E-state index contributed by atoms with van der Waals surface area (Å²) in [6, 6.07) is 14.9. The molecule has 0 aliphatic carbocycles. The predicted octanol–water partition coefficient (Wildman–Crippen LogP) is 4.43. The Hall–Kier alpha value is -3.84. The van der Waals surface area contributed by atoms with Crippen LogP contribution in [0.5, 0.6) is 0 Å². The van der Waals surface area contributed by atoms with E-state index < -0.39 is 0 Å². The molecule has 0 spiro atoms. The lowest BCUT2D eigenvalue weighted by molar-refractivity contribution is 0.313. The number of rotatable bonds is 3. The molecule has 1 fully saturated rings. The third-order valence-corrected chi connectivity index (χ3v) is 6.99. The fourth-order valence-electron chi connectivity index (χ4n) is 5.11. The van der Waals surface area contributed by atoms with Gasteiger partial charge in [0.2, 0.25) is 0 Å². The van der Waals surface area contributed by atoms with Gasteiger partial charge in [-0.15, -0.1) is 0 Å². The van der Waals surface area contributed by atoms with E-state index in [-0.39, 0.29) is 0 Å². The zero-order valence-corrected chi connectivity index (χ0v) is 19.6. The number of benzene rings is 2. The van der Waals surface area contributed by atoms with Gasteiger partial charge in [-0.25, -0.2) is 0 Å². The fourth-order valence-corrected chi connectivity index (χ4v) is 5.11. The van der Waals surface area contributed by atoms with E-state index in [0.29, 0.717) is 12.2 Å². The number of nitrogen functional groups attached to an aromatic ring is 1. The highest BCUT2D eigenvalue weighted by Crippen LogP contribution is 2.47. The van der Waals surface area contributed by atoms with Crippen molar-refractivity contribution in [1.82, 2.24) is 14.5 Å². The lowest BCUT2D eigenvalue weighted by atomic mass is 9.98. The van der Waals surface area contributed by atoms with E-state index >= 15 is 0 Å². The van der Waals surface area contributed by atoms with Crippen LogP contribution < -0.4 is 15.5 Å². The summed E-state index contributed by atoms with van der Waals surface area (Å²) in [7, 11) is 4.26. The van der Waals surface area contributed by atoms with Gasteiger partial charge < -0.3 is 25.0 Å². The van der Waals surface area contributed by atoms with Crippen LogP contribution in [0.4, 0.5) is 28.4 Å². The van der Waals surface area contributed by atoms with Crippen molar-refractivity contribution >= 4 is 45.6 Å². The number of nitrogens with two attached hydrogens (primary N) is 1. The van der Waals surface area contributed by atoms with E-state index in [1.165, 1.54) is 16.6 Å². The van der Waals surface area contributed by atoms with Crippen LogP contribution in [0.2, 0.25) is 0 Å². The van der Waals surface area contributed by atoms with E-state index in [4.69, 9.17) is 10.7 Å². The van der Waals surface area contributed by atoms with Crippen molar-refractivity contribution in [2.45, 2.75) is 0 Å². The molecule has 2 aliphatic rings. The Morgan fingerprint density at radius 1 is 0.912 bits per heavy atom. The average Bonchev–Trinajstić information content (AvgIpc) is 3.23. The van der Waals surface area contributed by atoms with Gasteiger partial charge in [-0.05, 0) is 48.3 Å². The zero-order chi connectivity index (χ0) is 23.2. The summed E-state index contributed by atoms with van der Waals surface area (Å²) in [5.41, 5.74) is 14.8. The number of piperazine rings is 1. The average molecular weight is 452 g/mol. The number of nitrogens with zero attached hydrogens (tertiary/aromatic N) is 6. The topological polar surface area (TPSA) is 65.9 Å². The molecular weight excluding hydrogens is 422 g/mol. The standard InChI is InChI=1S/C27H29N7/c1-31-11-13-33(14-12-31)24-5-7-29-18-26(24)34-10-8-30-23-17-21(28)16-22(27(23)34)20-4-3-19-6-9-32(2)25(19)15-20/h3-9,15-18H,10-14,28H2,1-2H3. The minimum absolute atomic E-state index is 0.683. The van der Waals surface area contributed by atoms with Gasteiger partial charge >= 0.3 is 0 Å². The molecule has 0 amide bonds. The zero-order valence-electron chi connectivity index (χ0n) is 19.6. The number of anilines is 4. The third-order valence-electron chi connectivity index (χ3n) is 6.99. The van der Waals surface area contributed by atoms with Crippen molar-refractivity contribution in [2.75, 3.05) is 55.3 Å². The Balaban J connectivity index is 1.51. The summed E-state index contributed by atoms with van der Waals surface area (Å²) < 4.78 is 2.15. The molecule has 6 rings (SSSR count). The Labute approximate surface area is 199 Å². The molecule has 0 atom stereocenters. The summed E-state index contributed by atoms with van der Waals surface area (Å²) in [5, 5.41) is 1.23. The molecule has 0 bridgehead atoms. The van der Waals surface area contributed by atoms with Gasteiger partial charge in [-0.3, -0.25) is 9.98 Å². The highest BCUT2D eigenvalue weighted by molar-refractivity contribution is 6.00. The third kappa shape index (κ3) is 3.49. The van der Waals surface area contributed by atoms with E-state index in [0.717, 1.165) is 54.4 Å². The van der Waals surface area contributed by atoms with Crippen molar-refractivity contribution in [3.05, 3.63) is 61.1 Å². The van der Waals surface area contributed by atoms with Gasteiger partial charge in [0.05, 0.1) is 35.5 Å². The lowest BCUT2D eigenvalue weighted by Gasteiger charge is -2.38. The van der Waals surface area contributed by atoms with Crippen molar-refractivity contribution in [3.8, 4) is 11.1 Å². The quantitative estimate of drug-likeness (QED) is 0.467. The van der Waals surface area contributed by atoms with Gasteiger partial charge in [0, 0.05) is 68.6 Å². The molecule has 2 aromatic heterocycles. The molecular formula is C27H29N7. The Morgan fingerprint density at radius 2 is 1.76 bits per heavy atom. The van der Waals surface area contributed by atoms with Crippen LogP contribution in [0.3, 0.4) is 0 Å². The van der Waals surface area contributed by atoms with Crippen LogP contribution in [0.25, 0.3) is 22.0 Å². The molecule has 7 heteroatoms. The lowest BCUT2D eigenvalue weighted by Crippen LogP contribution is -2.45. The van der Waals surface area contributed by atoms with E-state index in [9.17, 15) is 0 Å². The van der Waals surface area contributed by atoms with Gasteiger partial charge in [-0.1, -0.05) is 12.1 Å². The first kappa shape index (κ1) is 20.7. The minimum atomic E-state index is 0.683. The number of aryl methyl sites for hydroxylation is 1. The molecule has 0 radical (unpaired) electrons. The molecule has 34 heavy (non-hydrogen) atoms. The van der Waals surface area contributed by atoms with Crippen LogP contribution >= 0.6 is 0 Å². The highest BCUT2D eigenvalue weighted by Gasteiger charge is 2.26. The normalized spacial score (nSPS) is 16.3. The first-order chi connectivity index (χ1) is 16.6. The number of pyridine rings is 1. The van der Waals surface area contributed by atoms with E-state index in [1.54, 1.807) is 0 Å². The summed E-state index contributed by atoms with van der Waals surface area (Å²) in [6.07, 6.45) is 7.94. The molecule has 2 N–H and O–H groups in total. The number of likely N-dealkylation sites (N-methyl/N-ethyl adjacent to an activating group) is 1. The Kier molecular flexibility index (Phi) is 4.99. The first-order valence-electron chi connectivity index (χ1n) is 11.7. The Morgan fingerprint density at radius 3 is 2.62 bits per heavy atom. The van der Waals surface area contributed by atoms with E-state index in [2.05, 4.69) is 80.9 Å². The van der Waals surface area contributed by atoms with Crippen molar-refractivity contribution in [1.29, 1.82) is 0 Å². The number of aliphatic imine (C=N–C) groups is 1. The van der Waals surface area contributed by atoms with Gasteiger partial charge in [0.1, 0.15) is 0 Å². The maximum atomic E-state index is 6.36. The smallest absolute Gasteiger partial charge is 0.0890 e. The summed E-state index contributed by atoms with van der Waals surface area (Å²) in [4.78, 5) is 16.4. The SMILES string of the molecule is CN1CCN(c2ccncc2N2CC=Nc3cc(N)cc(-c4ccc5ccn(C)c5c4)c32)CC1. The second-order valence-corrected chi connectivity index (χ2v) is 9.21. The largest absolute Gasteiger partial charge is 0.399 e. The second kappa shape index (κ2) is 8.18. The molecule has 0 saturated carbocycles. The monoisotopic (exact) mass is 451 g/mol. The molecule has 2 aromatic carbocycles. The molecule has 172 valence electrons. The maximum Gasteiger partial charge on any atom is 0.0890 e. The number of hydrogen-bond acceptors (Lipinski definition) is 6. The number of aromatic nitrogens is 2. The number of hydrogen-bond donors (Lipinski definition) is 1. The molecule has 7 nitrogen and oxygen atoms in total. The van der Waals surface area contributed by atoms with E-state index in [1.807, 2.05) is 24.7 Å². The Bertz CT molecular complexity index is 1400. The minimum Gasteiger partial charge on any atom is -0.399 e. The van der Waals surface area contributed by atoms with Crippen molar-refractivity contribution < 1.29 is 0 Å². The van der Waals surface area contributed by atoms with Crippen molar-refractivity contribution in [2.24, 2.45) is 12.0 Å². The van der Waals surface area contributed by atoms with Crippen LogP contribution in [0.15, 0.2) is 66.0 Å². The molecule has 4 aromatic rings. The van der Waals surface area contributed by atoms with Crippen molar-refractivity contribution in [3.63, 3.8) is 0 Å². The fraction of sp³-hybridized carbons (Fsp3) is 0.259. The van der Waals surface area contributed by atoms with Crippen LogP contribution in [0, 0.1) is 0 Å². The predicted molar refractivity (Wildman–Crippen MR) is 142 cm³/mol. The molecule has 2 aliphatic heterocycles. The molecule has 1 saturated heterocycles. The second-order valence-electron chi connectivity index (χ2n) is 9.21. The van der Waals surface area contributed by atoms with Crippen LogP contribution in [0.1, 0.15) is 0 Å². The molecule has 4 heterocycles. The maximum absolute atomic E-state index is 6.36. The summed E-state index contributed by atoms with van der Waals surface area (Å²) in [5.74, 6) is 0. The van der Waals surface area contributed by atoms with Crippen LogP contribution in [-0.2, 0) is 7.05 Å². The molecule has 0 unspecified atom stereocenters. The number of fused-ring (bicyclic) bond motifs is 2. The summed E-state index contributed by atoms with van der Waals surface area (Å²) in [6.45, 7) is 4.79. The van der Waals surface area contributed by atoms with Crippen LogP contribution in [-0.4, -0.2) is 60.4 Å². The first-order valence-corrected chi connectivity index (χ1v) is 11.7. The van der Waals surface area contributed by atoms with Gasteiger partial charge in [0.25, 0.3) is 0 Å². The summed E-state index contributed by atoms with van der Waals surface area (Å²) >= 11 is 0. The van der Waals surface area contributed by atoms with Gasteiger partial charge in [0.15, 0.2) is 0 Å². The highest BCUT2D eigenvalue weighted by atomic mass is 15.3.